The molecule has 0 bridgehead atoms. The number of nitrogens with zero attached hydrogens (tertiary/aromatic N) is 1. The van der Waals surface area contributed by atoms with E-state index in [1.807, 2.05) is 30.5 Å². The zero-order valence-corrected chi connectivity index (χ0v) is 21.1. The third-order valence-electron chi connectivity index (χ3n) is 8.10. The van der Waals surface area contributed by atoms with Crippen LogP contribution in [0.5, 0.6) is 5.75 Å². The van der Waals surface area contributed by atoms with Crippen molar-refractivity contribution in [3.8, 4) is 5.75 Å². The highest BCUT2D eigenvalue weighted by molar-refractivity contribution is 6.31. The summed E-state index contributed by atoms with van der Waals surface area (Å²) < 4.78 is 5.34. The van der Waals surface area contributed by atoms with Gasteiger partial charge in [-0.05, 0) is 48.4 Å². The van der Waals surface area contributed by atoms with Crippen molar-refractivity contribution in [2.75, 3.05) is 17.3 Å². The number of para-hydroxylation sites is 1. The molecular weight excluding hydrogens is 504 g/mol. The highest BCUT2D eigenvalue weighted by Gasteiger charge is 2.70. The summed E-state index contributed by atoms with van der Waals surface area (Å²) >= 11 is 6.37. The number of benzene rings is 3. The molecule has 9 heteroatoms. The van der Waals surface area contributed by atoms with Crippen molar-refractivity contribution in [3.05, 3.63) is 89.1 Å². The SMILES string of the molecule is COc1cccc(N2C(=O)C3C(Cc4c[nH]c5ccccc45)NC4(C(=O)Nc5ccc(Cl)cc54)C3C2=O)c1. The Morgan fingerprint density at radius 2 is 1.84 bits per heavy atom. The predicted octanol–water partition coefficient (Wildman–Crippen LogP) is 4.00. The number of rotatable bonds is 4. The van der Waals surface area contributed by atoms with Gasteiger partial charge in [-0.3, -0.25) is 19.7 Å². The lowest BCUT2D eigenvalue weighted by molar-refractivity contribution is -0.130. The fourth-order valence-corrected chi connectivity index (χ4v) is 6.66. The number of amides is 3. The highest BCUT2D eigenvalue weighted by atomic mass is 35.5. The first-order valence-corrected chi connectivity index (χ1v) is 12.8. The Bertz CT molecular complexity index is 1670. The first-order valence-electron chi connectivity index (χ1n) is 12.4. The molecule has 3 aliphatic rings. The molecule has 38 heavy (non-hydrogen) atoms. The van der Waals surface area contributed by atoms with Gasteiger partial charge in [0.15, 0.2) is 0 Å². The lowest BCUT2D eigenvalue weighted by Crippen LogP contribution is -2.53. The maximum Gasteiger partial charge on any atom is 0.250 e. The fourth-order valence-electron chi connectivity index (χ4n) is 6.49. The summed E-state index contributed by atoms with van der Waals surface area (Å²) in [5.74, 6) is -2.32. The molecule has 0 aliphatic carbocycles. The number of hydrogen-bond donors (Lipinski definition) is 3. The van der Waals surface area contributed by atoms with E-state index < -0.39 is 29.3 Å². The number of aromatic nitrogens is 1. The number of anilines is 2. The molecule has 4 aromatic rings. The maximum atomic E-state index is 14.2. The smallest absolute Gasteiger partial charge is 0.250 e. The minimum atomic E-state index is -1.43. The minimum Gasteiger partial charge on any atom is -0.497 e. The highest BCUT2D eigenvalue weighted by Crippen LogP contribution is 2.54. The zero-order chi connectivity index (χ0) is 26.2. The van der Waals surface area contributed by atoms with Crippen LogP contribution >= 0.6 is 11.6 Å². The van der Waals surface area contributed by atoms with Gasteiger partial charge < -0.3 is 15.0 Å². The van der Waals surface area contributed by atoms with Crippen LogP contribution in [-0.4, -0.2) is 35.9 Å². The number of methoxy groups -OCH3 is 1. The van der Waals surface area contributed by atoms with E-state index in [-0.39, 0.29) is 11.8 Å². The number of nitrogens with one attached hydrogen (secondary N) is 3. The number of imide groups is 1. The summed E-state index contributed by atoms with van der Waals surface area (Å²) in [6.07, 6.45) is 2.37. The number of hydrogen-bond acceptors (Lipinski definition) is 5. The van der Waals surface area contributed by atoms with Crippen molar-refractivity contribution >= 4 is 51.6 Å². The largest absolute Gasteiger partial charge is 0.497 e. The summed E-state index contributed by atoms with van der Waals surface area (Å²) in [4.78, 5) is 46.5. The number of H-pyrrole nitrogens is 1. The van der Waals surface area contributed by atoms with Gasteiger partial charge in [0.1, 0.15) is 11.3 Å². The lowest BCUT2D eigenvalue weighted by atomic mass is 9.76. The van der Waals surface area contributed by atoms with Crippen LogP contribution in [0.15, 0.2) is 72.9 Å². The molecule has 1 spiro atoms. The molecule has 3 amide bonds. The van der Waals surface area contributed by atoms with Gasteiger partial charge in [-0.15, -0.1) is 0 Å². The minimum absolute atomic E-state index is 0.342. The van der Waals surface area contributed by atoms with Crippen molar-refractivity contribution in [2.45, 2.75) is 18.0 Å². The number of carbonyl (C=O) groups excluding carboxylic acids is 3. The standard InChI is InChI=1S/C29H23ClN4O4/c1-38-18-6-4-5-17(13-18)34-26(35)24-23(11-15-14-31-21-8-3-2-7-19(15)21)33-29(25(24)27(34)36)20-12-16(30)9-10-22(20)32-28(29)37/h2-10,12-14,23-25,31,33H,11H2,1H3,(H,32,37). The molecule has 3 N–H and O–H groups in total. The lowest BCUT2D eigenvalue weighted by Gasteiger charge is -2.29. The summed E-state index contributed by atoms with van der Waals surface area (Å²) in [5.41, 5.74) is 2.13. The van der Waals surface area contributed by atoms with E-state index in [4.69, 9.17) is 16.3 Å². The van der Waals surface area contributed by atoms with E-state index >= 15 is 0 Å². The van der Waals surface area contributed by atoms with Gasteiger partial charge in [-0.25, -0.2) is 4.90 Å². The van der Waals surface area contributed by atoms with Crippen molar-refractivity contribution in [1.29, 1.82) is 0 Å². The Morgan fingerprint density at radius 1 is 1.00 bits per heavy atom. The van der Waals surface area contributed by atoms with Gasteiger partial charge in [0.05, 0.1) is 24.6 Å². The molecule has 4 unspecified atom stereocenters. The summed E-state index contributed by atoms with van der Waals surface area (Å²) in [6, 6.07) is 19.4. The molecule has 4 heterocycles. The Morgan fingerprint density at radius 3 is 2.68 bits per heavy atom. The van der Waals surface area contributed by atoms with E-state index in [2.05, 4.69) is 15.6 Å². The van der Waals surface area contributed by atoms with Gasteiger partial charge in [-0.2, -0.15) is 0 Å². The Kier molecular flexibility index (Phi) is 4.95. The third kappa shape index (κ3) is 3.04. The van der Waals surface area contributed by atoms with Crippen LogP contribution in [0.2, 0.25) is 5.02 Å². The maximum absolute atomic E-state index is 14.2. The van der Waals surface area contributed by atoms with Gasteiger partial charge in [0, 0.05) is 45.5 Å². The molecule has 4 atom stereocenters. The van der Waals surface area contributed by atoms with Crippen LogP contribution in [0.3, 0.4) is 0 Å². The molecule has 8 nitrogen and oxygen atoms in total. The Hall–Kier alpha value is -4.14. The summed E-state index contributed by atoms with van der Waals surface area (Å²) in [7, 11) is 1.53. The van der Waals surface area contributed by atoms with Crippen LogP contribution < -0.4 is 20.3 Å². The van der Waals surface area contributed by atoms with Crippen LogP contribution in [-0.2, 0) is 26.3 Å². The zero-order valence-electron chi connectivity index (χ0n) is 20.3. The third-order valence-corrected chi connectivity index (χ3v) is 8.34. The molecule has 3 aliphatic heterocycles. The van der Waals surface area contributed by atoms with E-state index in [1.165, 1.54) is 12.0 Å². The van der Waals surface area contributed by atoms with Gasteiger partial charge in [0.2, 0.25) is 17.7 Å². The predicted molar refractivity (Wildman–Crippen MR) is 143 cm³/mol. The summed E-state index contributed by atoms with van der Waals surface area (Å²) in [5, 5.41) is 7.88. The number of halogens is 1. The molecule has 7 rings (SSSR count). The van der Waals surface area contributed by atoms with Crippen molar-refractivity contribution in [1.82, 2.24) is 10.3 Å². The first kappa shape index (κ1) is 23.0. The van der Waals surface area contributed by atoms with Crippen LogP contribution in [0.1, 0.15) is 11.1 Å². The normalized spacial score (nSPS) is 25.8. The molecule has 0 radical (unpaired) electrons. The Labute approximate surface area is 222 Å². The molecule has 2 saturated heterocycles. The Balaban J connectivity index is 1.38. The number of fused-ring (bicyclic) bond motifs is 5. The topological polar surface area (TPSA) is 104 Å². The average Bonchev–Trinajstić information content (AvgIpc) is 3.63. The van der Waals surface area contributed by atoms with E-state index in [0.717, 1.165) is 16.5 Å². The molecule has 190 valence electrons. The second-order valence-corrected chi connectivity index (χ2v) is 10.4. The average molecular weight is 527 g/mol. The van der Waals surface area contributed by atoms with E-state index in [9.17, 15) is 14.4 Å². The van der Waals surface area contributed by atoms with Crippen LogP contribution in [0.25, 0.3) is 10.9 Å². The van der Waals surface area contributed by atoms with E-state index in [0.29, 0.717) is 34.1 Å². The van der Waals surface area contributed by atoms with E-state index in [1.54, 1.807) is 42.5 Å². The number of ether oxygens (including phenoxy) is 1. The molecule has 0 saturated carbocycles. The second-order valence-electron chi connectivity index (χ2n) is 9.98. The van der Waals surface area contributed by atoms with Crippen molar-refractivity contribution < 1.29 is 19.1 Å². The second kappa shape index (κ2) is 8.18. The van der Waals surface area contributed by atoms with Crippen molar-refractivity contribution in [3.63, 3.8) is 0 Å². The monoisotopic (exact) mass is 526 g/mol. The number of aromatic amines is 1. The quantitative estimate of drug-likeness (QED) is 0.349. The summed E-state index contributed by atoms with van der Waals surface area (Å²) in [6.45, 7) is 0. The fraction of sp³-hybridized carbons (Fsp3) is 0.207. The van der Waals surface area contributed by atoms with Gasteiger partial charge in [0.25, 0.3) is 0 Å². The molecular formula is C29H23ClN4O4. The molecule has 3 aromatic carbocycles. The molecule has 2 fully saturated rings. The first-order chi connectivity index (χ1) is 18.4. The van der Waals surface area contributed by atoms with Gasteiger partial charge in [-0.1, -0.05) is 35.9 Å². The van der Waals surface area contributed by atoms with Gasteiger partial charge >= 0.3 is 0 Å². The number of carbonyl (C=O) groups is 3. The van der Waals surface area contributed by atoms with Crippen LogP contribution in [0.4, 0.5) is 11.4 Å². The van der Waals surface area contributed by atoms with Crippen molar-refractivity contribution in [2.24, 2.45) is 11.8 Å². The molecule has 1 aromatic heterocycles. The van der Waals surface area contributed by atoms with Crippen LogP contribution in [0, 0.1) is 11.8 Å².